The van der Waals surface area contributed by atoms with Crippen LogP contribution in [0.15, 0.2) is 24.3 Å². The molecule has 21 heavy (non-hydrogen) atoms. The van der Waals surface area contributed by atoms with Crippen LogP contribution in [-0.4, -0.2) is 7.05 Å². The Morgan fingerprint density at radius 3 is 2.67 bits per heavy atom. The number of thiophene rings is 1. The van der Waals surface area contributed by atoms with Crippen molar-refractivity contribution in [2.75, 3.05) is 7.05 Å². The highest BCUT2D eigenvalue weighted by Gasteiger charge is 2.20. The first kappa shape index (κ1) is 15.4. The van der Waals surface area contributed by atoms with Crippen LogP contribution in [0.1, 0.15) is 46.2 Å². The summed E-state index contributed by atoms with van der Waals surface area (Å²) in [6.07, 6.45) is 6.44. The number of rotatable bonds is 3. The standard InChI is InChI=1S/C17H19Cl2NS/c1-20-17(13-8-7-12(18)10-14(13)19)16-9-11-5-3-2-4-6-15(11)21-16/h7-10,17,20H,2-6H2,1H3. The van der Waals surface area contributed by atoms with Crippen LogP contribution in [0.2, 0.25) is 10.0 Å². The molecule has 1 N–H and O–H groups in total. The van der Waals surface area contributed by atoms with E-state index in [-0.39, 0.29) is 6.04 Å². The first-order valence-electron chi connectivity index (χ1n) is 7.42. The van der Waals surface area contributed by atoms with Crippen LogP contribution < -0.4 is 5.32 Å². The fraction of sp³-hybridized carbons (Fsp3) is 0.412. The monoisotopic (exact) mass is 339 g/mol. The molecule has 0 spiro atoms. The van der Waals surface area contributed by atoms with Crippen LogP contribution in [-0.2, 0) is 12.8 Å². The second-order valence-electron chi connectivity index (χ2n) is 5.55. The highest BCUT2D eigenvalue weighted by molar-refractivity contribution is 7.12. The van der Waals surface area contributed by atoms with E-state index in [1.165, 1.54) is 42.5 Å². The predicted molar refractivity (Wildman–Crippen MR) is 92.9 cm³/mol. The molecule has 0 radical (unpaired) electrons. The molecule has 1 aromatic heterocycles. The molecule has 1 aliphatic rings. The Morgan fingerprint density at radius 1 is 1.10 bits per heavy atom. The third-order valence-electron chi connectivity index (χ3n) is 4.11. The van der Waals surface area contributed by atoms with Crippen LogP contribution >= 0.6 is 34.5 Å². The lowest BCUT2D eigenvalue weighted by atomic mass is 10.0. The Kier molecular flexibility index (Phi) is 4.90. The zero-order chi connectivity index (χ0) is 14.8. The van der Waals surface area contributed by atoms with Gasteiger partial charge in [0, 0.05) is 19.8 Å². The molecular formula is C17H19Cl2NS. The van der Waals surface area contributed by atoms with Gasteiger partial charge < -0.3 is 5.32 Å². The summed E-state index contributed by atoms with van der Waals surface area (Å²) in [4.78, 5) is 2.92. The molecule has 112 valence electrons. The molecule has 1 atom stereocenters. The molecule has 1 aliphatic carbocycles. The van der Waals surface area contributed by atoms with Crippen LogP contribution in [0.4, 0.5) is 0 Å². The van der Waals surface area contributed by atoms with E-state index < -0.39 is 0 Å². The number of fused-ring (bicyclic) bond motifs is 1. The lowest BCUT2D eigenvalue weighted by Gasteiger charge is -2.17. The van der Waals surface area contributed by atoms with Crippen molar-refractivity contribution in [1.82, 2.24) is 5.32 Å². The lowest BCUT2D eigenvalue weighted by Crippen LogP contribution is -2.16. The number of hydrogen-bond donors (Lipinski definition) is 1. The van der Waals surface area contributed by atoms with Crippen molar-refractivity contribution in [3.8, 4) is 0 Å². The van der Waals surface area contributed by atoms with E-state index in [1.807, 2.05) is 36.6 Å². The lowest BCUT2D eigenvalue weighted by molar-refractivity contribution is 0.698. The summed E-state index contributed by atoms with van der Waals surface area (Å²) >= 11 is 14.3. The summed E-state index contributed by atoms with van der Waals surface area (Å²) in [5.74, 6) is 0. The third kappa shape index (κ3) is 3.29. The Labute approximate surface area is 140 Å². The van der Waals surface area contributed by atoms with Gasteiger partial charge in [-0.25, -0.2) is 0 Å². The number of benzene rings is 1. The van der Waals surface area contributed by atoms with Gasteiger partial charge >= 0.3 is 0 Å². The molecule has 1 nitrogen and oxygen atoms in total. The molecule has 0 fully saturated rings. The quantitative estimate of drug-likeness (QED) is 0.714. The summed E-state index contributed by atoms with van der Waals surface area (Å²) in [7, 11) is 1.99. The molecule has 3 rings (SSSR count). The summed E-state index contributed by atoms with van der Waals surface area (Å²) in [5.41, 5.74) is 2.64. The van der Waals surface area contributed by atoms with E-state index in [4.69, 9.17) is 23.2 Å². The molecule has 1 heterocycles. The first-order valence-corrected chi connectivity index (χ1v) is 9.00. The van der Waals surface area contributed by atoms with Crippen molar-refractivity contribution in [1.29, 1.82) is 0 Å². The van der Waals surface area contributed by atoms with E-state index in [0.29, 0.717) is 5.02 Å². The van der Waals surface area contributed by atoms with Crippen molar-refractivity contribution in [2.45, 2.75) is 38.1 Å². The maximum atomic E-state index is 6.39. The Bertz CT molecular complexity index is 612. The predicted octanol–water partition coefficient (Wildman–Crippen LogP) is 5.63. The molecular weight excluding hydrogens is 321 g/mol. The minimum absolute atomic E-state index is 0.145. The fourth-order valence-corrected chi connectivity index (χ4v) is 4.92. The summed E-state index contributed by atoms with van der Waals surface area (Å²) in [6.45, 7) is 0. The van der Waals surface area contributed by atoms with E-state index >= 15 is 0 Å². The van der Waals surface area contributed by atoms with E-state index in [2.05, 4.69) is 11.4 Å². The van der Waals surface area contributed by atoms with Crippen LogP contribution in [0.3, 0.4) is 0 Å². The smallest absolute Gasteiger partial charge is 0.0683 e. The largest absolute Gasteiger partial charge is 0.309 e. The molecule has 0 saturated carbocycles. The van der Waals surface area contributed by atoms with E-state index in [9.17, 15) is 0 Å². The third-order valence-corrected chi connectivity index (χ3v) is 5.98. The topological polar surface area (TPSA) is 12.0 Å². The normalized spacial score (nSPS) is 16.3. The van der Waals surface area contributed by atoms with Gasteiger partial charge in [-0.1, -0.05) is 35.7 Å². The maximum Gasteiger partial charge on any atom is 0.0683 e. The average Bonchev–Trinajstić information content (AvgIpc) is 2.72. The van der Waals surface area contributed by atoms with Gasteiger partial charge in [0.15, 0.2) is 0 Å². The summed E-state index contributed by atoms with van der Waals surface area (Å²) in [6, 6.07) is 8.27. The Hall–Kier alpha value is -0.540. The number of halogens is 2. The van der Waals surface area contributed by atoms with Crippen molar-refractivity contribution < 1.29 is 0 Å². The Balaban J connectivity index is 1.96. The van der Waals surface area contributed by atoms with Gasteiger partial charge in [-0.15, -0.1) is 11.3 Å². The molecule has 0 aliphatic heterocycles. The highest BCUT2D eigenvalue weighted by atomic mass is 35.5. The number of hydrogen-bond acceptors (Lipinski definition) is 2. The molecule has 0 bridgehead atoms. The average molecular weight is 340 g/mol. The van der Waals surface area contributed by atoms with Gasteiger partial charge in [-0.05, 0) is 62.1 Å². The number of aryl methyl sites for hydroxylation is 2. The fourth-order valence-electron chi connectivity index (χ4n) is 3.02. The van der Waals surface area contributed by atoms with E-state index in [0.717, 1.165) is 10.6 Å². The van der Waals surface area contributed by atoms with Gasteiger partial charge in [0.1, 0.15) is 0 Å². The molecule has 2 aromatic rings. The van der Waals surface area contributed by atoms with Gasteiger partial charge in [0.05, 0.1) is 6.04 Å². The van der Waals surface area contributed by atoms with Crippen LogP contribution in [0.5, 0.6) is 0 Å². The van der Waals surface area contributed by atoms with Crippen LogP contribution in [0.25, 0.3) is 0 Å². The minimum atomic E-state index is 0.145. The van der Waals surface area contributed by atoms with Gasteiger partial charge in [-0.2, -0.15) is 0 Å². The van der Waals surface area contributed by atoms with Gasteiger partial charge in [0.25, 0.3) is 0 Å². The van der Waals surface area contributed by atoms with Crippen molar-refractivity contribution in [3.05, 3.63) is 55.2 Å². The van der Waals surface area contributed by atoms with Crippen molar-refractivity contribution >= 4 is 34.5 Å². The van der Waals surface area contributed by atoms with E-state index in [1.54, 1.807) is 4.88 Å². The summed E-state index contributed by atoms with van der Waals surface area (Å²) in [5, 5.41) is 4.81. The highest BCUT2D eigenvalue weighted by Crippen LogP contribution is 2.37. The van der Waals surface area contributed by atoms with Gasteiger partial charge in [0.2, 0.25) is 0 Å². The maximum absolute atomic E-state index is 6.39. The molecule has 4 heteroatoms. The van der Waals surface area contributed by atoms with Crippen molar-refractivity contribution in [3.63, 3.8) is 0 Å². The van der Waals surface area contributed by atoms with Crippen molar-refractivity contribution in [2.24, 2.45) is 0 Å². The molecule has 1 unspecified atom stereocenters. The Morgan fingerprint density at radius 2 is 1.90 bits per heavy atom. The summed E-state index contributed by atoms with van der Waals surface area (Å²) < 4.78 is 0. The van der Waals surface area contributed by atoms with Gasteiger partial charge in [-0.3, -0.25) is 0 Å². The SMILES string of the molecule is CNC(c1cc2c(s1)CCCCC2)c1ccc(Cl)cc1Cl. The minimum Gasteiger partial charge on any atom is -0.309 e. The molecule has 1 aromatic carbocycles. The molecule has 0 amide bonds. The zero-order valence-electron chi connectivity index (χ0n) is 12.1. The second kappa shape index (κ2) is 6.70. The van der Waals surface area contributed by atoms with Crippen LogP contribution in [0, 0.1) is 0 Å². The molecule has 0 saturated heterocycles. The zero-order valence-corrected chi connectivity index (χ0v) is 14.4. The second-order valence-corrected chi connectivity index (χ2v) is 7.56. The number of nitrogens with one attached hydrogen (secondary N) is 1. The first-order chi connectivity index (χ1) is 10.2.